The van der Waals surface area contributed by atoms with E-state index in [0.29, 0.717) is 5.92 Å². The molecule has 0 saturated carbocycles. The molecule has 0 radical (unpaired) electrons. The van der Waals surface area contributed by atoms with Crippen LogP contribution in [0.25, 0.3) is 0 Å². The summed E-state index contributed by atoms with van der Waals surface area (Å²) in [5.74, 6) is -0.537. The summed E-state index contributed by atoms with van der Waals surface area (Å²) in [6.45, 7) is 10.9. The van der Waals surface area contributed by atoms with Crippen molar-refractivity contribution in [3.05, 3.63) is 71.3 Å². The lowest BCUT2D eigenvalue weighted by Gasteiger charge is -2.36. The van der Waals surface area contributed by atoms with E-state index < -0.39 is 17.6 Å². The van der Waals surface area contributed by atoms with E-state index in [0.717, 1.165) is 77.5 Å². The van der Waals surface area contributed by atoms with Crippen LogP contribution in [0.4, 0.5) is 13.2 Å². The van der Waals surface area contributed by atoms with Crippen molar-refractivity contribution in [3.8, 4) is 0 Å². The third-order valence-corrected chi connectivity index (χ3v) is 7.60. The molecule has 2 amide bonds. The maximum absolute atomic E-state index is 12.9. The summed E-state index contributed by atoms with van der Waals surface area (Å²) < 4.78 is 38.6. The summed E-state index contributed by atoms with van der Waals surface area (Å²) in [6.07, 6.45) is -3.70. The summed E-state index contributed by atoms with van der Waals surface area (Å²) in [7, 11) is 0. The molecule has 0 aliphatic carbocycles. The number of piperazine rings is 1. The van der Waals surface area contributed by atoms with Crippen LogP contribution in [0.2, 0.25) is 0 Å². The largest absolute Gasteiger partial charge is 0.416 e. The average molecular weight is 546 g/mol. The van der Waals surface area contributed by atoms with E-state index in [9.17, 15) is 22.8 Å². The highest BCUT2D eigenvalue weighted by atomic mass is 19.4. The second-order valence-corrected chi connectivity index (χ2v) is 10.6. The number of nitrogens with zero attached hydrogens (tertiary/aromatic N) is 3. The van der Waals surface area contributed by atoms with Crippen LogP contribution in [-0.4, -0.2) is 98.0 Å². The Morgan fingerprint density at radius 2 is 1.62 bits per heavy atom. The highest BCUT2D eigenvalue weighted by molar-refractivity contribution is 5.96. The van der Waals surface area contributed by atoms with Crippen molar-refractivity contribution < 1.29 is 22.8 Å². The van der Waals surface area contributed by atoms with Crippen LogP contribution < -0.4 is 10.6 Å². The van der Waals surface area contributed by atoms with Crippen LogP contribution >= 0.6 is 0 Å². The van der Waals surface area contributed by atoms with E-state index in [2.05, 4.69) is 62.6 Å². The van der Waals surface area contributed by atoms with Crippen molar-refractivity contribution >= 4 is 11.8 Å². The molecule has 2 aromatic rings. The van der Waals surface area contributed by atoms with Gasteiger partial charge in [0.05, 0.1) is 12.1 Å². The molecule has 2 heterocycles. The van der Waals surface area contributed by atoms with Gasteiger partial charge in [0.25, 0.3) is 5.91 Å². The summed E-state index contributed by atoms with van der Waals surface area (Å²) in [6, 6.07) is 14.8. The number of halogens is 3. The van der Waals surface area contributed by atoms with Gasteiger partial charge in [-0.3, -0.25) is 19.4 Å². The van der Waals surface area contributed by atoms with Gasteiger partial charge in [-0.05, 0) is 36.1 Å². The first kappa shape index (κ1) is 29.0. The molecule has 1 unspecified atom stereocenters. The second kappa shape index (κ2) is 13.4. The summed E-state index contributed by atoms with van der Waals surface area (Å²) in [5.41, 5.74) is 0.357. The van der Waals surface area contributed by atoms with E-state index in [1.807, 2.05) is 0 Å². The lowest BCUT2D eigenvalue weighted by molar-refractivity contribution is -0.137. The number of nitrogens with one attached hydrogen (secondary N) is 2. The van der Waals surface area contributed by atoms with Gasteiger partial charge < -0.3 is 15.5 Å². The fourth-order valence-electron chi connectivity index (χ4n) is 5.28. The Hall–Kier alpha value is -2.95. The van der Waals surface area contributed by atoms with Crippen LogP contribution in [-0.2, 0) is 11.0 Å². The summed E-state index contributed by atoms with van der Waals surface area (Å²) in [5, 5.41) is 5.34. The molecule has 2 atom stereocenters. The summed E-state index contributed by atoms with van der Waals surface area (Å²) in [4.78, 5) is 31.9. The lowest BCUT2D eigenvalue weighted by atomic mass is 10.0. The molecule has 2 N–H and O–H groups in total. The van der Waals surface area contributed by atoms with Crippen LogP contribution in [0.5, 0.6) is 0 Å². The Balaban J connectivity index is 1.10. The van der Waals surface area contributed by atoms with Crippen molar-refractivity contribution in [2.75, 3.05) is 65.4 Å². The molecule has 0 aromatic heterocycles. The standard InChI is InChI=1S/C29H38F3N5O2/c1-22(23-6-3-2-4-7-23)20-37-16-13-35(14-17-37)12-15-36-11-10-26(21-36)34-27(38)19-33-28(39)24-8-5-9-25(18-24)29(30,31)32/h2-9,18,22,26H,10-17,19-21H2,1H3,(H,33,39)(H,34,38)/t22?,26-/m1/s1. The Bertz CT molecular complexity index is 1090. The lowest BCUT2D eigenvalue weighted by Crippen LogP contribution is -2.49. The van der Waals surface area contributed by atoms with Gasteiger partial charge in [-0.25, -0.2) is 0 Å². The zero-order valence-corrected chi connectivity index (χ0v) is 22.4. The Morgan fingerprint density at radius 1 is 0.923 bits per heavy atom. The third-order valence-electron chi connectivity index (χ3n) is 7.60. The summed E-state index contributed by atoms with van der Waals surface area (Å²) >= 11 is 0. The minimum atomic E-state index is -4.53. The maximum atomic E-state index is 12.9. The molecule has 0 spiro atoms. The normalized spacial score (nSPS) is 20.1. The number of hydrogen-bond acceptors (Lipinski definition) is 5. The van der Waals surface area contributed by atoms with Gasteiger partial charge in [0.1, 0.15) is 0 Å². The molecule has 39 heavy (non-hydrogen) atoms. The quantitative estimate of drug-likeness (QED) is 0.481. The molecular weight excluding hydrogens is 507 g/mol. The van der Waals surface area contributed by atoms with E-state index >= 15 is 0 Å². The van der Waals surface area contributed by atoms with E-state index in [1.165, 1.54) is 17.7 Å². The first-order valence-electron chi connectivity index (χ1n) is 13.6. The fourth-order valence-corrected chi connectivity index (χ4v) is 5.28. The minimum absolute atomic E-state index is 0.000666. The molecule has 2 saturated heterocycles. The van der Waals surface area contributed by atoms with E-state index in [-0.39, 0.29) is 24.1 Å². The number of carbonyl (C=O) groups is 2. The van der Waals surface area contributed by atoms with Gasteiger partial charge in [0.2, 0.25) is 5.91 Å². The highest BCUT2D eigenvalue weighted by Crippen LogP contribution is 2.29. The van der Waals surface area contributed by atoms with Crippen LogP contribution in [0.1, 0.15) is 40.7 Å². The first-order chi connectivity index (χ1) is 18.7. The fraction of sp³-hybridized carbons (Fsp3) is 0.517. The van der Waals surface area contributed by atoms with Crippen molar-refractivity contribution in [1.82, 2.24) is 25.3 Å². The topological polar surface area (TPSA) is 67.9 Å². The van der Waals surface area contributed by atoms with Gasteiger partial charge in [0, 0.05) is 70.5 Å². The zero-order chi connectivity index (χ0) is 27.8. The molecule has 7 nitrogen and oxygen atoms in total. The van der Waals surface area contributed by atoms with Gasteiger partial charge in [-0.1, -0.05) is 43.3 Å². The van der Waals surface area contributed by atoms with Crippen molar-refractivity contribution in [2.45, 2.75) is 31.5 Å². The maximum Gasteiger partial charge on any atom is 0.416 e. The number of hydrogen-bond donors (Lipinski definition) is 2. The number of alkyl halides is 3. The molecule has 2 aliphatic rings. The first-order valence-corrected chi connectivity index (χ1v) is 13.6. The number of amides is 2. The van der Waals surface area contributed by atoms with Crippen LogP contribution in [0.3, 0.4) is 0 Å². The number of likely N-dealkylation sites (tertiary alicyclic amines) is 1. The minimum Gasteiger partial charge on any atom is -0.350 e. The van der Waals surface area contributed by atoms with Crippen LogP contribution in [0, 0.1) is 0 Å². The number of rotatable bonds is 10. The molecule has 0 bridgehead atoms. The van der Waals surface area contributed by atoms with Gasteiger partial charge in [0.15, 0.2) is 0 Å². The van der Waals surface area contributed by atoms with E-state index in [1.54, 1.807) is 0 Å². The highest BCUT2D eigenvalue weighted by Gasteiger charge is 2.31. The number of carbonyl (C=O) groups excluding carboxylic acids is 2. The molecule has 4 rings (SSSR count). The van der Waals surface area contributed by atoms with Crippen LogP contribution in [0.15, 0.2) is 54.6 Å². The van der Waals surface area contributed by atoms with Gasteiger partial charge in [-0.2, -0.15) is 13.2 Å². The van der Waals surface area contributed by atoms with Crippen molar-refractivity contribution in [1.29, 1.82) is 0 Å². The second-order valence-electron chi connectivity index (χ2n) is 10.6. The monoisotopic (exact) mass is 545 g/mol. The van der Waals surface area contributed by atoms with Gasteiger partial charge in [-0.15, -0.1) is 0 Å². The Labute approximate surface area is 228 Å². The Kier molecular flexibility index (Phi) is 9.99. The predicted octanol–water partition coefficient (Wildman–Crippen LogP) is 3.05. The predicted molar refractivity (Wildman–Crippen MR) is 145 cm³/mol. The van der Waals surface area contributed by atoms with Crippen molar-refractivity contribution in [2.24, 2.45) is 0 Å². The Morgan fingerprint density at radius 3 is 2.33 bits per heavy atom. The third kappa shape index (κ3) is 8.78. The smallest absolute Gasteiger partial charge is 0.350 e. The SMILES string of the molecule is CC(CN1CCN(CCN2CC[C@@H](NC(=O)CNC(=O)c3cccc(C(F)(F)F)c3)C2)CC1)c1ccccc1. The average Bonchev–Trinajstić information content (AvgIpc) is 3.38. The van der Waals surface area contributed by atoms with Gasteiger partial charge >= 0.3 is 6.18 Å². The molecular formula is C29H38F3N5O2. The molecule has 2 fully saturated rings. The molecule has 2 aliphatic heterocycles. The number of benzene rings is 2. The molecule has 10 heteroatoms. The van der Waals surface area contributed by atoms with Crippen molar-refractivity contribution in [3.63, 3.8) is 0 Å². The van der Waals surface area contributed by atoms with E-state index in [4.69, 9.17) is 0 Å². The molecule has 2 aromatic carbocycles. The zero-order valence-electron chi connectivity index (χ0n) is 22.4. The molecule has 212 valence electrons.